The fraction of sp³-hybridized carbons (Fsp3) is 0.412. The third-order valence-electron chi connectivity index (χ3n) is 3.37. The molecule has 1 heterocycles. The highest BCUT2D eigenvalue weighted by atomic mass is 32.1. The topological polar surface area (TPSA) is 30.5 Å². The van der Waals surface area contributed by atoms with Crippen molar-refractivity contribution in [3.63, 3.8) is 0 Å². The van der Waals surface area contributed by atoms with Crippen molar-refractivity contribution in [2.75, 3.05) is 7.11 Å². The van der Waals surface area contributed by atoms with Crippen LogP contribution in [0, 0.1) is 0 Å². The molecule has 0 saturated carbocycles. The maximum Gasteiger partial charge on any atom is 0.166 e. The van der Waals surface area contributed by atoms with Crippen LogP contribution in [0.3, 0.4) is 0 Å². The highest BCUT2D eigenvalue weighted by Crippen LogP contribution is 2.32. The van der Waals surface area contributed by atoms with Crippen LogP contribution in [0.5, 0.6) is 11.5 Å². The average Bonchev–Trinajstić information content (AvgIpc) is 3.01. The molecule has 1 aromatic carbocycles. The van der Waals surface area contributed by atoms with Gasteiger partial charge in [0, 0.05) is 23.5 Å². The summed E-state index contributed by atoms with van der Waals surface area (Å²) in [5.41, 5.74) is 1.13. The van der Waals surface area contributed by atoms with Gasteiger partial charge in [0.2, 0.25) is 0 Å². The van der Waals surface area contributed by atoms with Gasteiger partial charge in [-0.3, -0.25) is 0 Å². The van der Waals surface area contributed by atoms with Gasteiger partial charge in [-0.25, -0.2) is 0 Å². The standard InChI is InChI=1S/C17H23NO2S/c1-4-13(2)20-17-14(7-5-9-16(17)19-3)11-18-12-15-8-6-10-21-15/h5-10,13,18H,4,11-12H2,1-3H3. The summed E-state index contributed by atoms with van der Waals surface area (Å²) in [4.78, 5) is 1.34. The second-order valence-electron chi connectivity index (χ2n) is 4.97. The third kappa shape index (κ3) is 4.48. The number of hydrogen-bond donors (Lipinski definition) is 1. The van der Waals surface area contributed by atoms with Gasteiger partial charge in [0.15, 0.2) is 11.5 Å². The van der Waals surface area contributed by atoms with E-state index in [1.54, 1.807) is 18.4 Å². The van der Waals surface area contributed by atoms with Crippen molar-refractivity contribution in [1.82, 2.24) is 5.32 Å². The highest BCUT2D eigenvalue weighted by Gasteiger charge is 2.13. The van der Waals surface area contributed by atoms with Crippen molar-refractivity contribution in [3.05, 3.63) is 46.2 Å². The van der Waals surface area contributed by atoms with Gasteiger partial charge in [-0.1, -0.05) is 25.1 Å². The summed E-state index contributed by atoms with van der Waals surface area (Å²) < 4.78 is 11.5. The van der Waals surface area contributed by atoms with Gasteiger partial charge in [0.1, 0.15) is 0 Å². The maximum absolute atomic E-state index is 6.04. The molecule has 21 heavy (non-hydrogen) atoms. The fourth-order valence-corrected chi connectivity index (χ4v) is 2.69. The summed E-state index contributed by atoms with van der Waals surface area (Å²) >= 11 is 1.77. The predicted molar refractivity (Wildman–Crippen MR) is 88.2 cm³/mol. The predicted octanol–water partition coefficient (Wildman–Crippen LogP) is 4.22. The molecular weight excluding hydrogens is 282 g/mol. The first kappa shape index (κ1) is 15.9. The number of methoxy groups -OCH3 is 1. The number of nitrogens with one attached hydrogen (secondary N) is 1. The van der Waals surface area contributed by atoms with E-state index in [4.69, 9.17) is 9.47 Å². The molecular formula is C17H23NO2S. The van der Waals surface area contributed by atoms with Crippen LogP contribution in [0.25, 0.3) is 0 Å². The highest BCUT2D eigenvalue weighted by molar-refractivity contribution is 7.09. The summed E-state index contributed by atoms with van der Waals surface area (Å²) in [5.74, 6) is 1.65. The zero-order chi connectivity index (χ0) is 15.1. The quantitative estimate of drug-likeness (QED) is 0.792. The van der Waals surface area contributed by atoms with Crippen molar-refractivity contribution in [2.45, 2.75) is 39.5 Å². The molecule has 0 aliphatic rings. The third-order valence-corrected chi connectivity index (χ3v) is 4.25. The summed E-state index contributed by atoms with van der Waals surface area (Å²) in [6.07, 6.45) is 1.15. The Morgan fingerprint density at radius 2 is 2.05 bits per heavy atom. The van der Waals surface area contributed by atoms with Crippen LogP contribution in [-0.2, 0) is 13.1 Å². The van der Waals surface area contributed by atoms with Crippen molar-refractivity contribution in [2.24, 2.45) is 0 Å². The molecule has 1 unspecified atom stereocenters. The minimum absolute atomic E-state index is 0.178. The largest absolute Gasteiger partial charge is 0.493 e. The summed E-state index contributed by atoms with van der Waals surface area (Å²) in [6.45, 7) is 5.84. The number of rotatable bonds is 8. The number of thiophene rings is 1. The Morgan fingerprint density at radius 3 is 2.71 bits per heavy atom. The van der Waals surface area contributed by atoms with E-state index in [1.807, 2.05) is 12.1 Å². The lowest BCUT2D eigenvalue weighted by Crippen LogP contribution is -2.16. The van der Waals surface area contributed by atoms with E-state index in [0.29, 0.717) is 0 Å². The van der Waals surface area contributed by atoms with E-state index in [9.17, 15) is 0 Å². The molecule has 1 atom stereocenters. The van der Waals surface area contributed by atoms with Gasteiger partial charge in [-0.15, -0.1) is 11.3 Å². The van der Waals surface area contributed by atoms with Crippen molar-refractivity contribution in [3.8, 4) is 11.5 Å². The Bertz CT molecular complexity index is 540. The van der Waals surface area contributed by atoms with E-state index in [0.717, 1.165) is 36.6 Å². The normalized spacial score (nSPS) is 12.1. The number of benzene rings is 1. The number of hydrogen-bond acceptors (Lipinski definition) is 4. The minimum Gasteiger partial charge on any atom is -0.493 e. The molecule has 0 bridgehead atoms. The number of para-hydroxylation sites is 1. The van der Waals surface area contributed by atoms with E-state index in [2.05, 4.69) is 42.7 Å². The Hall–Kier alpha value is -1.52. The Kier molecular flexibility index (Phi) is 6.08. The Balaban J connectivity index is 2.06. The van der Waals surface area contributed by atoms with Gasteiger partial charge in [-0.05, 0) is 30.9 Å². The van der Waals surface area contributed by atoms with Gasteiger partial charge in [0.25, 0.3) is 0 Å². The fourth-order valence-electron chi connectivity index (χ4n) is 2.01. The molecule has 0 spiro atoms. The molecule has 3 nitrogen and oxygen atoms in total. The molecule has 0 amide bonds. The van der Waals surface area contributed by atoms with Crippen LogP contribution in [0.15, 0.2) is 35.7 Å². The van der Waals surface area contributed by atoms with E-state index < -0.39 is 0 Å². The lowest BCUT2D eigenvalue weighted by Gasteiger charge is -2.19. The van der Waals surface area contributed by atoms with Gasteiger partial charge < -0.3 is 14.8 Å². The molecule has 2 rings (SSSR count). The first-order valence-corrected chi connectivity index (χ1v) is 8.18. The van der Waals surface area contributed by atoms with Crippen molar-refractivity contribution >= 4 is 11.3 Å². The second-order valence-corrected chi connectivity index (χ2v) is 6.00. The molecule has 1 aromatic heterocycles. The van der Waals surface area contributed by atoms with E-state index >= 15 is 0 Å². The minimum atomic E-state index is 0.178. The Labute approximate surface area is 130 Å². The summed E-state index contributed by atoms with van der Waals surface area (Å²) in [5, 5.41) is 5.56. The zero-order valence-electron chi connectivity index (χ0n) is 12.9. The molecule has 0 saturated heterocycles. The van der Waals surface area contributed by atoms with Gasteiger partial charge >= 0.3 is 0 Å². The Morgan fingerprint density at radius 1 is 1.19 bits per heavy atom. The summed E-state index contributed by atoms with van der Waals surface area (Å²) in [6, 6.07) is 10.2. The first-order valence-electron chi connectivity index (χ1n) is 7.30. The van der Waals surface area contributed by atoms with Crippen LogP contribution < -0.4 is 14.8 Å². The molecule has 1 N–H and O–H groups in total. The SMILES string of the molecule is CCC(C)Oc1c(CNCc2cccs2)cccc1OC. The second kappa shape index (κ2) is 8.05. The van der Waals surface area contributed by atoms with Crippen LogP contribution in [0.1, 0.15) is 30.7 Å². The molecule has 114 valence electrons. The van der Waals surface area contributed by atoms with Crippen molar-refractivity contribution in [1.29, 1.82) is 0 Å². The summed E-state index contributed by atoms with van der Waals surface area (Å²) in [7, 11) is 1.68. The van der Waals surface area contributed by atoms with Crippen LogP contribution in [-0.4, -0.2) is 13.2 Å². The lowest BCUT2D eigenvalue weighted by atomic mass is 10.1. The monoisotopic (exact) mass is 305 g/mol. The molecule has 2 aromatic rings. The van der Waals surface area contributed by atoms with Gasteiger partial charge in [0.05, 0.1) is 13.2 Å². The maximum atomic E-state index is 6.04. The number of ether oxygens (including phenoxy) is 2. The van der Waals surface area contributed by atoms with Crippen LogP contribution >= 0.6 is 11.3 Å². The molecule has 0 aliphatic carbocycles. The van der Waals surface area contributed by atoms with Crippen LogP contribution in [0.2, 0.25) is 0 Å². The molecule has 4 heteroatoms. The molecule has 0 radical (unpaired) electrons. The lowest BCUT2D eigenvalue weighted by molar-refractivity contribution is 0.205. The van der Waals surface area contributed by atoms with E-state index in [-0.39, 0.29) is 6.10 Å². The first-order chi connectivity index (χ1) is 10.2. The smallest absolute Gasteiger partial charge is 0.166 e. The molecule has 0 fully saturated rings. The molecule has 0 aliphatic heterocycles. The van der Waals surface area contributed by atoms with Crippen molar-refractivity contribution < 1.29 is 9.47 Å². The van der Waals surface area contributed by atoms with E-state index in [1.165, 1.54) is 4.88 Å². The van der Waals surface area contributed by atoms with Gasteiger partial charge in [-0.2, -0.15) is 0 Å². The zero-order valence-corrected chi connectivity index (χ0v) is 13.7. The van der Waals surface area contributed by atoms with Crippen LogP contribution in [0.4, 0.5) is 0 Å². The average molecular weight is 305 g/mol.